The molecule has 1 saturated heterocycles. The zero-order chi connectivity index (χ0) is 19.9. The summed E-state index contributed by atoms with van der Waals surface area (Å²) in [5.41, 5.74) is -0.185. The second-order valence-electron chi connectivity index (χ2n) is 6.57. The fourth-order valence-electron chi connectivity index (χ4n) is 3.05. The first-order valence-corrected chi connectivity index (χ1v) is 10.1. The highest BCUT2D eigenvalue weighted by atomic mass is 31.2. The first-order valence-electron chi connectivity index (χ1n) is 8.63. The molecule has 0 saturated carbocycles. The van der Waals surface area contributed by atoms with E-state index in [0.717, 1.165) is 10.1 Å². The van der Waals surface area contributed by atoms with Crippen molar-refractivity contribution in [2.24, 2.45) is 0 Å². The molecule has 1 aromatic carbocycles. The Kier molecular flexibility index (Phi) is 4.96. The summed E-state index contributed by atoms with van der Waals surface area (Å²) in [6.07, 6.45) is -2.25. The van der Waals surface area contributed by atoms with Gasteiger partial charge in [0.05, 0.1) is 13.2 Å². The number of halogens is 1. The van der Waals surface area contributed by atoms with Crippen molar-refractivity contribution in [3.63, 3.8) is 0 Å². The van der Waals surface area contributed by atoms with Crippen molar-refractivity contribution in [1.29, 1.82) is 0 Å². The Bertz CT molecular complexity index is 1050. The van der Waals surface area contributed by atoms with Crippen LogP contribution in [0.15, 0.2) is 40.1 Å². The number of hydrogen-bond acceptors (Lipinski definition) is 7. The minimum absolute atomic E-state index is 0.0483. The lowest BCUT2D eigenvalue weighted by Gasteiger charge is -2.25. The van der Waals surface area contributed by atoms with Crippen LogP contribution in [-0.2, 0) is 25.0 Å². The van der Waals surface area contributed by atoms with E-state index in [1.54, 1.807) is 24.3 Å². The number of phosphoric acid groups is 1. The van der Waals surface area contributed by atoms with E-state index in [-0.39, 0.29) is 19.6 Å². The molecule has 2 aromatic rings. The van der Waals surface area contributed by atoms with Crippen LogP contribution in [0.4, 0.5) is 4.39 Å². The largest absolute Gasteiger partial charge is 0.530 e. The number of nitrogens with zero attached hydrogens (tertiary/aromatic N) is 1. The van der Waals surface area contributed by atoms with E-state index in [9.17, 15) is 18.5 Å². The molecule has 1 fully saturated rings. The minimum atomic E-state index is -3.90. The zero-order valence-electron chi connectivity index (χ0n) is 14.9. The maximum absolute atomic E-state index is 14.4. The Labute approximate surface area is 158 Å². The Morgan fingerprint density at radius 3 is 2.96 bits per heavy atom. The van der Waals surface area contributed by atoms with Crippen molar-refractivity contribution < 1.29 is 27.3 Å². The molecular weight excluding hydrogens is 394 g/mol. The maximum atomic E-state index is 14.4. The summed E-state index contributed by atoms with van der Waals surface area (Å²) >= 11 is 0. The number of alkyl halides is 1. The smallest absolute Gasteiger partial charge is 0.404 e. The average molecular weight is 412 g/mol. The third kappa shape index (κ3) is 3.68. The molecule has 3 heterocycles. The number of hydrogen-bond donors (Lipinski definition) is 1. The van der Waals surface area contributed by atoms with E-state index in [1.807, 2.05) is 0 Å². The molecule has 9 nitrogen and oxygen atoms in total. The topological polar surface area (TPSA) is 109 Å². The number of fused-ring (bicyclic) bond motifs is 1. The van der Waals surface area contributed by atoms with Gasteiger partial charge in [-0.05, 0) is 13.0 Å². The Balaban J connectivity index is 1.43. The normalized spacial score (nSPS) is 29.3. The molecule has 1 aromatic heterocycles. The van der Waals surface area contributed by atoms with Gasteiger partial charge in [-0.1, -0.05) is 18.2 Å². The Morgan fingerprint density at radius 2 is 2.14 bits per heavy atom. The van der Waals surface area contributed by atoms with Crippen molar-refractivity contribution in [3.8, 4) is 5.75 Å². The van der Waals surface area contributed by atoms with Crippen molar-refractivity contribution in [2.45, 2.75) is 38.5 Å². The van der Waals surface area contributed by atoms with Gasteiger partial charge in [0.15, 0.2) is 0 Å². The van der Waals surface area contributed by atoms with E-state index >= 15 is 0 Å². The van der Waals surface area contributed by atoms with Gasteiger partial charge in [0.1, 0.15) is 24.3 Å². The van der Waals surface area contributed by atoms with Crippen molar-refractivity contribution >= 4 is 7.82 Å². The molecule has 0 aliphatic carbocycles. The predicted molar refractivity (Wildman–Crippen MR) is 94.9 cm³/mol. The summed E-state index contributed by atoms with van der Waals surface area (Å²) in [6.45, 7) is 1.19. The first kappa shape index (κ1) is 19.1. The molecule has 1 N–H and O–H groups in total. The van der Waals surface area contributed by atoms with Crippen LogP contribution in [0.3, 0.4) is 0 Å². The summed E-state index contributed by atoms with van der Waals surface area (Å²) in [7, 11) is -3.90. The van der Waals surface area contributed by atoms with Crippen molar-refractivity contribution in [1.82, 2.24) is 9.55 Å². The first-order chi connectivity index (χ1) is 13.3. The Hall–Kier alpha value is -2.26. The summed E-state index contributed by atoms with van der Waals surface area (Å²) in [6, 6.07) is 6.92. The van der Waals surface area contributed by atoms with Gasteiger partial charge >= 0.3 is 13.5 Å². The van der Waals surface area contributed by atoms with Crippen LogP contribution in [0, 0.1) is 6.92 Å². The number of benzene rings is 1. The number of rotatable bonds is 4. The molecule has 0 spiro atoms. The van der Waals surface area contributed by atoms with E-state index in [1.165, 1.54) is 13.1 Å². The fourth-order valence-corrected chi connectivity index (χ4v) is 4.27. The minimum Gasteiger partial charge on any atom is -0.404 e. The van der Waals surface area contributed by atoms with E-state index < -0.39 is 37.6 Å². The molecular formula is C17H18FN2O7P. The lowest BCUT2D eigenvalue weighted by Crippen LogP contribution is -2.33. The van der Waals surface area contributed by atoms with Gasteiger partial charge < -0.3 is 9.26 Å². The van der Waals surface area contributed by atoms with Gasteiger partial charge in [-0.25, -0.2) is 13.8 Å². The second-order valence-corrected chi connectivity index (χ2v) is 8.17. The van der Waals surface area contributed by atoms with Gasteiger partial charge in [0.2, 0.25) is 0 Å². The van der Waals surface area contributed by atoms with Crippen molar-refractivity contribution in [2.75, 3.05) is 6.61 Å². The lowest BCUT2D eigenvalue weighted by molar-refractivity contribution is -0.0370. The highest BCUT2D eigenvalue weighted by molar-refractivity contribution is 7.49. The molecule has 28 heavy (non-hydrogen) atoms. The molecule has 0 bridgehead atoms. The van der Waals surface area contributed by atoms with Crippen LogP contribution in [0.1, 0.15) is 23.8 Å². The molecule has 11 heteroatoms. The summed E-state index contributed by atoms with van der Waals surface area (Å²) < 4.78 is 49.4. The van der Waals surface area contributed by atoms with Crippen LogP contribution in [0.5, 0.6) is 5.75 Å². The van der Waals surface area contributed by atoms with Gasteiger partial charge in [-0.3, -0.25) is 23.4 Å². The molecule has 0 amide bonds. The zero-order valence-corrected chi connectivity index (χ0v) is 15.8. The lowest BCUT2D eigenvalue weighted by atomic mass is 10.2. The third-order valence-corrected chi connectivity index (χ3v) is 5.91. The van der Waals surface area contributed by atoms with Crippen LogP contribution >= 0.6 is 7.82 Å². The number of aromatic amines is 1. The van der Waals surface area contributed by atoms with Crippen LogP contribution in [0.2, 0.25) is 0 Å². The average Bonchev–Trinajstić information content (AvgIpc) is 3.03. The number of ether oxygens (including phenoxy) is 1. The molecule has 150 valence electrons. The summed E-state index contributed by atoms with van der Waals surface area (Å²) in [5.74, 6) is 0.384. The van der Waals surface area contributed by atoms with Crippen LogP contribution in [0.25, 0.3) is 0 Å². The second kappa shape index (κ2) is 7.29. The Morgan fingerprint density at radius 1 is 1.36 bits per heavy atom. The number of nitrogens with one attached hydrogen (secondary N) is 1. The van der Waals surface area contributed by atoms with E-state index in [4.69, 9.17) is 18.3 Å². The molecule has 2 aliphatic heterocycles. The number of phosphoric ester groups is 1. The molecule has 4 rings (SSSR count). The molecule has 4 atom stereocenters. The molecule has 0 radical (unpaired) electrons. The number of H-pyrrole nitrogens is 1. The highest BCUT2D eigenvalue weighted by Crippen LogP contribution is 2.54. The van der Waals surface area contributed by atoms with Gasteiger partial charge in [-0.15, -0.1) is 0 Å². The maximum Gasteiger partial charge on any atom is 0.530 e. The SMILES string of the molecule is Cc1cn([C@H]2C[C@H](F)[C@@H](COP3(=O)OCc4ccccc4O3)O2)c(=O)[nH]c1=O. The molecule has 2 aliphatic rings. The predicted octanol–water partition coefficient (Wildman–Crippen LogP) is 2.20. The van der Waals surface area contributed by atoms with Gasteiger partial charge in [0, 0.05) is 23.7 Å². The number of aryl methyl sites for hydroxylation is 1. The summed E-state index contributed by atoms with van der Waals surface area (Å²) in [4.78, 5) is 25.6. The standard InChI is InChI=1S/C17H18FN2O7P/c1-10-7-20(17(22)19-16(10)21)15-6-12(18)14(26-15)9-25-28(23)24-8-11-4-2-3-5-13(11)27-28/h2-5,7,12,14-15H,6,8-9H2,1H3,(H,19,21,22)/t12-,14+,15+,28?/m0/s1. The van der Waals surface area contributed by atoms with Gasteiger partial charge in [0.25, 0.3) is 5.56 Å². The quantitative estimate of drug-likeness (QED) is 0.767. The highest BCUT2D eigenvalue weighted by Gasteiger charge is 2.41. The van der Waals surface area contributed by atoms with Crippen LogP contribution in [-0.4, -0.2) is 28.4 Å². The number of aromatic nitrogens is 2. The van der Waals surface area contributed by atoms with E-state index in [0.29, 0.717) is 11.3 Å². The van der Waals surface area contributed by atoms with Crippen LogP contribution < -0.4 is 15.8 Å². The monoisotopic (exact) mass is 412 g/mol. The van der Waals surface area contributed by atoms with Crippen molar-refractivity contribution in [3.05, 3.63) is 62.4 Å². The van der Waals surface area contributed by atoms with Gasteiger partial charge in [-0.2, -0.15) is 0 Å². The third-order valence-electron chi connectivity index (χ3n) is 4.58. The fraction of sp³-hybridized carbons (Fsp3) is 0.412. The van der Waals surface area contributed by atoms with E-state index in [2.05, 4.69) is 4.98 Å². The summed E-state index contributed by atoms with van der Waals surface area (Å²) in [5, 5.41) is 0. The molecule has 1 unspecified atom stereocenters. The number of para-hydroxylation sites is 1.